The van der Waals surface area contributed by atoms with E-state index in [1.54, 1.807) is 0 Å². The van der Waals surface area contributed by atoms with Crippen molar-refractivity contribution in [3.8, 4) is 11.4 Å². The molecular weight excluding hydrogens is 218 g/mol. The number of rotatable bonds is 1. The molecule has 0 aliphatic carbocycles. The quantitative estimate of drug-likeness (QED) is 0.697. The number of nitrogens with two attached hydrogens (primary N) is 1. The van der Waals surface area contributed by atoms with Crippen molar-refractivity contribution in [2.24, 2.45) is 7.05 Å². The van der Waals surface area contributed by atoms with Crippen LogP contribution in [0.15, 0.2) is 35.7 Å². The Morgan fingerprint density at radius 2 is 2.12 bits per heavy atom. The third-order valence-electron chi connectivity index (χ3n) is 2.74. The first-order valence-corrected chi connectivity index (χ1v) is 5.89. The van der Waals surface area contributed by atoms with Crippen LogP contribution in [0.2, 0.25) is 0 Å². The summed E-state index contributed by atoms with van der Waals surface area (Å²) in [5.74, 6) is 0. The van der Waals surface area contributed by atoms with Gasteiger partial charge in [-0.05, 0) is 12.1 Å². The van der Waals surface area contributed by atoms with Gasteiger partial charge in [-0.2, -0.15) is 0 Å². The van der Waals surface area contributed by atoms with Crippen molar-refractivity contribution in [1.29, 1.82) is 0 Å². The van der Waals surface area contributed by atoms with Crippen molar-refractivity contribution < 1.29 is 0 Å². The van der Waals surface area contributed by atoms with E-state index in [0.29, 0.717) is 5.13 Å². The zero-order valence-corrected chi connectivity index (χ0v) is 9.66. The van der Waals surface area contributed by atoms with Crippen LogP contribution in [0.25, 0.3) is 22.3 Å². The van der Waals surface area contributed by atoms with E-state index in [9.17, 15) is 0 Å². The highest BCUT2D eigenvalue weighted by Crippen LogP contribution is 2.28. The zero-order chi connectivity index (χ0) is 11.1. The summed E-state index contributed by atoms with van der Waals surface area (Å²) in [6.07, 6.45) is 0. The Bertz CT molecular complexity index is 651. The van der Waals surface area contributed by atoms with Crippen molar-refractivity contribution in [1.82, 2.24) is 9.55 Å². The molecule has 0 radical (unpaired) electrons. The Balaban J connectivity index is 2.28. The third-order valence-corrected chi connectivity index (χ3v) is 3.41. The molecule has 0 aliphatic rings. The van der Waals surface area contributed by atoms with E-state index in [2.05, 4.69) is 27.8 Å². The molecular formula is C12H11N3S. The average Bonchev–Trinajstić information content (AvgIpc) is 2.84. The van der Waals surface area contributed by atoms with Gasteiger partial charge in [0.15, 0.2) is 5.13 Å². The maximum Gasteiger partial charge on any atom is 0.180 e. The maximum atomic E-state index is 5.66. The highest BCUT2D eigenvalue weighted by atomic mass is 32.1. The van der Waals surface area contributed by atoms with Crippen molar-refractivity contribution in [3.05, 3.63) is 35.7 Å². The molecule has 3 nitrogen and oxygen atoms in total. The van der Waals surface area contributed by atoms with Crippen LogP contribution in [0, 0.1) is 0 Å². The number of fused-ring (bicyclic) bond motifs is 1. The predicted octanol–water partition coefficient (Wildman–Crippen LogP) is 2.88. The zero-order valence-electron chi connectivity index (χ0n) is 8.84. The minimum Gasteiger partial charge on any atom is -0.375 e. The molecule has 0 unspecified atom stereocenters. The van der Waals surface area contributed by atoms with Gasteiger partial charge in [0.1, 0.15) is 0 Å². The van der Waals surface area contributed by atoms with Crippen LogP contribution in [0.5, 0.6) is 0 Å². The summed E-state index contributed by atoms with van der Waals surface area (Å²) < 4.78 is 2.14. The lowest BCUT2D eigenvalue weighted by atomic mass is 10.2. The van der Waals surface area contributed by atoms with Crippen LogP contribution < -0.4 is 5.73 Å². The molecule has 0 atom stereocenters. The second kappa shape index (κ2) is 3.35. The van der Waals surface area contributed by atoms with Gasteiger partial charge < -0.3 is 10.3 Å². The lowest BCUT2D eigenvalue weighted by Crippen LogP contribution is -1.91. The van der Waals surface area contributed by atoms with Crippen LogP contribution in [-0.4, -0.2) is 9.55 Å². The number of hydrogen-bond acceptors (Lipinski definition) is 3. The number of anilines is 1. The number of aromatic nitrogens is 2. The summed E-state index contributed by atoms with van der Waals surface area (Å²) in [5, 5.41) is 3.83. The molecule has 4 heteroatoms. The van der Waals surface area contributed by atoms with Gasteiger partial charge in [-0.3, -0.25) is 0 Å². The molecule has 16 heavy (non-hydrogen) atoms. The largest absolute Gasteiger partial charge is 0.375 e. The number of nitrogen functional groups attached to an aromatic ring is 1. The molecule has 2 heterocycles. The maximum absolute atomic E-state index is 5.66. The SMILES string of the molecule is Cn1c(-c2csc(N)n2)cc2ccccc21. The summed E-state index contributed by atoms with van der Waals surface area (Å²) in [7, 11) is 2.05. The lowest BCUT2D eigenvalue weighted by Gasteiger charge is -2.00. The van der Waals surface area contributed by atoms with E-state index in [-0.39, 0.29) is 0 Å². The predicted molar refractivity (Wildman–Crippen MR) is 68.4 cm³/mol. The van der Waals surface area contributed by atoms with Crippen molar-refractivity contribution in [2.45, 2.75) is 0 Å². The summed E-state index contributed by atoms with van der Waals surface area (Å²) >= 11 is 1.47. The van der Waals surface area contributed by atoms with Gasteiger partial charge in [-0.15, -0.1) is 11.3 Å². The Morgan fingerprint density at radius 1 is 1.31 bits per heavy atom. The highest BCUT2D eigenvalue weighted by Gasteiger charge is 2.09. The van der Waals surface area contributed by atoms with Gasteiger partial charge in [0.2, 0.25) is 0 Å². The van der Waals surface area contributed by atoms with Crippen LogP contribution in [0.4, 0.5) is 5.13 Å². The van der Waals surface area contributed by atoms with Crippen LogP contribution in [-0.2, 0) is 7.05 Å². The van der Waals surface area contributed by atoms with Gasteiger partial charge in [0, 0.05) is 23.3 Å². The van der Waals surface area contributed by atoms with Gasteiger partial charge in [0.05, 0.1) is 11.4 Å². The smallest absolute Gasteiger partial charge is 0.180 e. The first kappa shape index (κ1) is 9.42. The summed E-state index contributed by atoms with van der Waals surface area (Å²) in [6, 6.07) is 10.4. The van der Waals surface area contributed by atoms with Crippen molar-refractivity contribution in [3.63, 3.8) is 0 Å². The molecule has 0 bridgehead atoms. The molecule has 1 aromatic carbocycles. The molecule has 3 aromatic rings. The van der Waals surface area contributed by atoms with Gasteiger partial charge in [-0.1, -0.05) is 18.2 Å². The number of aryl methyl sites for hydroxylation is 1. The molecule has 2 aromatic heterocycles. The number of para-hydroxylation sites is 1. The first-order chi connectivity index (χ1) is 7.75. The molecule has 3 rings (SSSR count). The highest BCUT2D eigenvalue weighted by molar-refractivity contribution is 7.13. The fraction of sp³-hybridized carbons (Fsp3) is 0.0833. The van der Waals surface area contributed by atoms with Crippen LogP contribution in [0.1, 0.15) is 0 Å². The minimum atomic E-state index is 0.611. The fourth-order valence-electron chi connectivity index (χ4n) is 1.94. The van der Waals surface area contributed by atoms with Gasteiger partial charge in [0.25, 0.3) is 0 Å². The second-order valence-corrected chi connectivity index (χ2v) is 4.61. The minimum absolute atomic E-state index is 0.611. The van der Waals surface area contributed by atoms with Crippen LogP contribution >= 0.6 is 11.3 Å². The van der Waals surface area contributed by atoms with E-state index in [1.165, 1.54) is 22.2 Å². The Labute approximate surface area is 97.2 Å². The average molecular weight is 229 g/mol. The normalized spacial score (nSPS) is 11.1. The standard InChI is InChI=1S/C12H11N3S/c1-15-10-5-3-2-4-8(10)6-11(15)9-7-16-12(13)14-9/h2-7H,1H3,(H2,13,14). The molecule has 0 spiro atoms. The third kappa shape index (κ3) is 1.31. The molecule has 2 N–H and O–H groups in total. The van der Waals surface area contributed by atoms with E-state index in [4.69, 9.17) is 5.73 Å². The number of thiazole rings is 1. The number of nitrogens with zero attached hydrogens (tertiary/aromatic N) is 2. The van der Waals surface area contributed by atoms with Crippen LogP contribution in [0.3, 0.4) is 0 Å². The monoisotopic (exact) mass is 229 g/mol. The fourth-order valence-corrected chi connectivity index (χ4v) is 2.50. The van der Waals surface area contributed by atoms with E-state index in [0.717, 1.165) is 11.4 Å². The second-order valence-electron chi connectivity index (χ2n) is 3.72. The topological polar surface area (TPSA) is 43.8 Å². The Hall–Kier alpha value is -1.81. The summed E-state index contributed by atoms with van der Waals surface area (Å²) in [5.41, 5.74) is 8.92. The number of hydrogen-bond donors (Lipinski definition) is 1. The summed E-state index contributed by atoms with van der Waals surface area (Å²) in [4.78, 5) is 4.31. The Morgan fingerprint density at radius 3 is 2.81 bits per heavy atom. The van der Waals surface area contributed by atoms with Gasteiger partial charge in [-0.25, -0.2) is 4.98 Å². The molecule has 80 valence electrons. The van der Waals surface area contributed by atoms with E-state index < -0.39 is 0 Å². The van der Waals surface area contributed by atoms with Crippen molar-refractivity contribution in [2.75, 3.05) is 5.73 Å². The van der Waals surface area contributed by atoms with E-state index in [1.807, 2.05) is 24.6 Å². The van der Waals surface area contributed by atoms with E-state index >= 15 is 0 Å². The lowest BCUT2D eigenvalue weighted by molar-refractivity contribution is 0.973. The first-order valence-electron chi connectivity index (χ1n) is 5.01. The molecule has 0 saturated heterocycles. The van der Waals surface area contributed by atoms with Crippen molar-refractivity contribution >= 4 is 27.4 Å². The van der Waals surface area contributed by atoms with Gasteiger partial charge >= 0.3 is 0 Å². The molecule has 0 amide bonds. The molecule has 0 aliphatic heterocycles. The summed E-state index contributed by atoms with van der Waals surface area (Å²) in [6.45, 7) is 0. The Kier molecular flexibility index (Phi) is 1.97. The molecule has 0 fully saturated rings. The number of benzene rings is 1. The molecule has 0 saturated carbocycles.